The van der Waals surface area contributed by atoms with E-state index < -0.39 is 0 Å². The maximum atomic E-state index is 4.71. The van der Waals surface area contributed by atoms with Crippen LogP contribution in [0.15, 0.2) is 139 Å². The molecule has 2 aliphatic carbocycles. The number of hydrogen-bond donors (Lipinski definition) is 0. The Labute approximate surface area is 312 Å². The molecule has 0 atom stereocenters. The Kier molecular flexibility index (Phi) is 10.1. The van der Waals surface area contributed by atoms with Crippen molar-refractivity contribution in [3.05, 3.63) is 178 Å². The molecule has 0 aromatic heterocycles. The number of fused-ring (bicyclic) bond motifs is 6. The van der Waals surface area contributed by atoms with E-state index in [0.717, 1.165) is 28.1 Å². The molecule has 0 N–H and O–H groups in total. The van der Waals surface area contributed by atoms with Gasteiger partial charge in [-0.05, 0) is 112 Å². The molecule has 0 bridgehead atoms. The Hall–Kier alpha value is -5.27. The van der Waals surface area contributed by atoms with Crippen molar-refractivity contribution in [2.75, 3.05) is 0 Å². The van der Waals surface area contributed by atoms with Crippen LogP contribution in [0, 0.1) is 13.8 Å². The molecular formula is C51H53N. The summed E-state index contributed by atoms with van der Waals surface area (Å²) in [6.45, 7) is 26.2. The van der Waals surface area contributed by atoms with E-state index >= 15 is 0 Å². The molecule has 6 aromatic carbocycles. The predicted molar refractivity (Wildman–Crippen MR) is 227 cm³/mol. The smallest absolute Gasteiger partial charge is 0.0707 e. The quantitative estimate of drug-likeness (QED) is 0.164. The first-order valence-electron chi connectivity index (χ1n) is 18.8. The van der Waals surface area contributed by atoms with Crippen LogP contribution in [0.1, 0.15) is 99.9 Å². The van der Waals surface area contributed by atoms with Crippen LogP contribution in [-0.4, -0.2) is 5.71 Å². The molecule has 8 rings (SSSR count). The number of hydrogen-bond acceptors (Lipinski definition) is 1. The van der Waals surface area contributed by atoms with Gasteiger partial charge >= 0.3 is 0 Å². The number of nitrogens with zero attached hydrogens (tertiary/aromatic N) is 1. The lowest BCUT2D eigenvalue weighted by Gasteiger charge is -2.26. The van der Waals surface area contributed by atoms with Gasteiger partial charge in [0.25, 0.3) is 0 Å². The van der Waals surface area contributed by atoms with Gasteiger partial charge in [-0.25, -0.2) is 0 Å². The highest BCUT2D eigenvalue weighted by Gasteiger charge is 2.39. The second-order valence-electron chi connectivity index (χ2n) is 15.0. The van der Waals surface area contributed by atoms with Crippen LogP contribution in [0.2, 0.25) is 0 Å². The Morgan fingerprint density at radius 3 is 1.69 bits per heavy atom. The van der Waals surface area contributed by atoms with Gasteiger partial charge in [-0.15, -0.1) is 0 Å². The van der Waals surface area contributed by atoms with Gasteiger partial charge < -0.3 is 0 Å². The van der Waals surface area contributed by atoms with Crippen molar-refractivity contribution in [1.29, 1.82) is 0 Å². The van der Waals surface area contributed by atoms with E-state index in [2.05, 4.69) is 139 Å². The highest BCUT2D eigenvalue weighted by atomic mass is 14.7. The number of benzene rings is 6. The molecule has 0 radical (unpaired) electrons. The molecule has 6 aromatic rings. The highest BCUT2D eigenvalue weighted by molar-refractivity contribution is 6.00. The fraction of sp³-hybridized carbons (Fsp3) is 0.235. The Morgan fingerprint density at radius 2 is 1.02 bits per heavy atom. The lowest BCUT2D eigenvalue weighted by molar-refractivity contribution is 0.656. The molecule has 0 saturated carbocycles. The predicted octanol–water partition coefficient (Wildman–Crippen LogP) is 14.5. The normalized spacial score (nSPS) is 14.1. The van der Waals surface area contributed by atoms with Crippen LogP contribution in [0.4, 0.5) is 5.69 Å². The van der Waals surface area contributed by atoms with E-state index in [1.165, 1.54) is 66.8 Å². The van der Waals surface area contributed by atoms with Gasteiger partial charge in [0.15, 0.2) is 0 Å². The molecule has 262 valence electrons. The van der Waals surface area contributed by atoms with E-state index in [1.807, 2.05) is 64.1 Å². The third-order valence-electron chi connectivity index (χ3n) is 11.1. The van der Waals surface area contributed by atoms with Crippen LogP contribution in [0.25, 0.3) is 39.0 Å². The fourth-order valence-corrected chi connectivity index (χ4v) is 8.55. The van der Waals surface area contributed by atoms with Crippen molar-refractivity contribution in [2.45, 2.75) is 80.1 Å². The Morgan fingerprint density at radius 1 is 0.500 bits per heavy atom. The molecule has 2 aliphatic rings. The van der Waals surface area contributed by atoms with Crippen LogP contribution >= 0.6 is 0 Å². The third-order valence-corrected chi connectivity index (χ3v) is 11.1. The fourth-order valence-electron chi connectivity index (χ4n) is 8.55. The van der Waals surface area contributed by atoms with Crippen LogP contribution in [0.5, 0.6) is 0 Å². The van der Waals surface area contributed by atoms with E-state index in [1.54, 1.807) is 0 Å². The first-order valence-corrected chi connectivity index (χ1v) is 18.8. The van der Waals surface area contributed by atoms with Crippen LogP contribution in [-0.2, 0) is 10.8 Å². The van der Waals surface area contributed by atoms with Gasteiger partial charge in [0, 0.05) is 22.1 Å². The van der Waals surface area contributed by atoms with Gasteiger partial charge in [-0.3, -0.25) is 4.99 Å². The molecule has 1 heteroatoms. The second kappa shape index (κ2) is 14.4. The molecule has 0 aliphatic heterocycles. The maximum absolute atomic E-state index is 4.71. The average molecular weight is 680 g/mol. The van der Waals surface area contributed by atoms with Crippen molar-refractivity contribution < 1.29 is 0 Å². The lowest BCUT2D eigenvalue weighted by atomic mass is 9.77. The molecule has 0 fully saturated rings. The summed E-state index contributed by atoms with van der Waals surface area (Å²) in [5.74, 6) is 0. The number of rotatable bonds is 4. The van der Waals surface area contributed by atoms with Crippen molar-refractivity contribution in [3.8, 4) is 33.4 Å². The zero-order valence-electron chi connectivity index (χ0n) is 32.8. The summed E-state index contributed by atoms with van der Waals surface area (Å²) in [7, 11) is 0. The average Bonchev–Trinajstić information content (AvgIpc) is 3.54. The minimum Gasteiger partial charge on any atom is -0.253 e. The first kappa shape index (κ1) is 36.5. The third kappa shape index (κ3) is 6.17. The molecule has 52 heavy (non-hydrogen) atoms. The topological polar surface area (TPSA) is 12.4 Å². The highest BCUT2D eigenvalue weighted by Crippen LogP contribution is 2.54. The molecule has 1 nitrogen and oxygen atoms in total. The van der Waals surface area contributed by atoms with Crippen molar-refractivity contribution in [1.82, 2.24) is 0 Å². The second-order valence-corrected chi connectivity index (χ2v) is 15.0. The number of allylic oxidation sites excluding steroid dienone is 1. The van der Waals surface area contributed by atoms with E-state index in [0.29, 0.717) is 0 Å². The zero-order chi connectivity index (χ0) is 37.4. The van der Waals surface area contributed by atoms with Gasteiger partial charge in [-0.1, -0.05) is 169 Å². The lowest BCUT2D eigenvalue weighted by Crippen LogP contribution is -2.17. The first-order chi connectivity index (χ1) is 24.9. The summed E-state index contributed by atoms with van der Waals surface area (Å²) < 4.78 is 0. The largest absolute Gasteiger partial charge is 0.253 e. The molecule has 0 spiro atoms. The molecule has 0 amide bonds. The standard InChI is InChI=1S/C32H30.C17H17N.C2H6/c1-19-21(17-18-28-29(19)25-12-8-10-14-27(25)31(28,3)4)22-15-16-24-23-11-7-9-13-26(23)32(5,6)30(24)20(22)2;1-13(2)16-11-7-8-12-17(16)18-14(3)15-9-5-4-6-10-15;1-2/h7-18H,1-6H3;4-12H,1H2,2-3H3;1-2H3. The van der Waals surface area contributed by atoms with Crippen molar-refractivity contribution in [2.24, 2.45) is 4.99 Å². The minimum atomic E-state index is 0.0191. The minimum absolute atomic E-state index is 0.0191. The summed E-state index contributed by atoms with van der Waals surface area (Å²) in [5, 5.41) is 0. The summed E-state index contributed by atoms with van der Waals surface area (Å²) in [6.07, 6.45) is 0. The van der Waals surface area contributed by atoms with E-state index in [9.17, 15) is 0 Å². The number of aliphatic imine (C=N–C) groups is 1. The summed E-state index contributed by atoms with van der Waals surface area (Å²) in [4.78, 5) is 4.71. The van der Waals surface area contributed by atoms with E-state index in [-0.39, 0.29) is 10.8 Å². The van der Waals surface area contributed by atoms with Gasteiger partial charge in [-0.2, -0.15) is 0 Å². The molecule has 0 unspecified atom stereocenters. The van der Waals surface area contributed by atoms with Gasteiger partial charge in [0.1, 0.15) is 0 Å². The molecule has 0 heterocycles. The Bertz CT molecular complexity index is 2310. The maximum Gasteiger partial charge on any atom is 0.0707 e. The summed E-state index contributed by atoms with van der Waals surface area (Å²) in [5.41, 5.74) is 22.3. The number of para-hydroxylation sites is 1. The van der Waals surface area contributed by atoms with Crippen molar-refractivity contribution >= 4 is 17.0 Å². The van der Waals surface area contributed by atoms with E-state index in [4.69, 9.17) is 4.99 Å². The van der Waals surface area contributed by atoms with Crippen LogP contribution in [0.3, 0.4) is 0 Å². The molecule has 0 saturated heterocycles. The Balaban J connectivity index is 0.000000198. The van der Waals surface area contributed by atoms with Crippen LogP contribution < -0.4 is 0 Å². The SMILES string of the molecule is C=C(C)c1ccccc1N=C(C)c1ccccc1.CC.Cc1c(-c2ccc3c(c2C)C(C)(C)c2ccccc2-3)ccc2c1-c1ccccc1C2(C)C. The summed E-state index contributed by atoms with van der Waals surface area (Å²) >= 11 is 0. The monoisotopic (exact) mass is 679 g/mol. The van der Waals surface area contributed by atoms with Crippen molar-refractivity contribution in [3.63, 3.8) is 0 Å². The molecular weight excluding hydrogens is 627 g/mol. The zero-order valence-corrected chi connectivity index (χ0v) is 32.8. The van der Waals surface area contributed by atoms with Gasteiger partial charge in [0.2, 0.25) is 0 Å². The van der Waals surface area contributed by atoms with Gasteiger partial charge in [0.05, 0.1) is 5.69 Å². The summed E-state index contributed by atoms with van der Waals surface area (Å²) in [6, 6.07) is 45.6.